The van der Waals surface area contributed by atoms with Crippen LogP contribution in [0.15, 0.2) is 36.4 Å². The zero-order valence-electron chi connectivity index (χ0n) is 11.5. The normalized spacial score (nSPS) is 12.4. The van der Waals surface area contributed by atoms with Gasteiger partial charge in [-0.2, -0.15) is 0 Å². The fourth-order valence-corrected chi connectivity index (χ4v) is 2.25. The van der Waals surface area contributed by atoms with Crippen LogP contribution in [0.4, 0.5) is 13.2 Å². The van der Waals surface area contributed by atoms with E-state index >= 15 is 0 Å². The second-order valence-electron chi connectivity index (χ2n) is 4.78. The van der Waals surface area contributed by atoms with Crippen molar-refractivity contribution in [1.29, 1.82) is 0 Å². The van der Waals surface area contributed by atoms with Gasteiger partial charge in [-0.05, 0) is 48.4 Å². The van der Waals surface area contributed by atoms with Crippen LogP contribution in [0, 0.1) is 17.5 Å². The first-order valence-electron chi connectivity index (χ1n) is 6.67. The maximum absolute atomic E-state index is 13.4. The largest absolute Gasteiger partial charge is 0.508 e. The molecule has 2 aromatic carbocycles. The van der Waals surface area contributed by atoms with E-state index in [1.54, 1.807) is 24.3 Å². The predicted octanol–water partition coefficient (Wildman–Crippen LogP) is 3.70. The van der Waals surface area contributed by atoms with Gasteiger partial charge < -0.3 is 10.4 Å². The fraction of sp³-hybridized carbons (Fsp3) is 0.250. The Morgan fingerprint density at radius 1 is 1.10 bits per heavy atom. The Bertz CT molecular complexity index is 608. The molecule has 21 heavy (non-hydrogen) atoms. The third-order valence-electron chi connectivity index (χ3n) is 3.21. The molecule has 0 amide bonds. The van der Waals surface area contributed by atoms with E-state index in [0.717, 1.165) is 17.7 Å². The number of phenolic OH excluding ortho intramolecular Hbond substituents is 1. The molecule has 2 rings (SSSR count). The number of hydrogen-bond acceptors (Lipinski definition) is 2. The van der Waals surface area contributed by atoms with Crippen molar-refractivity contribution in [2.45, 2.75) is 19.4 Å². The average Bonchev–Trinajstić information content (AvgIpc) is 2.44. The van der Waals surface area contributed by atoms with E-state index in [4.69, 9.17) is 0 Å². The quantitative estimate of drug-likeness (QED) is 0.824. The second-order valence-corrected chi connectivity index (χ2v) is 4.78. The summed E-state index contributed by atoms with van der Waals surface area (Å²) in [6.45, 7) is 2.45. The van der Waals surface area contributed by atoms with E-state index in [1.165, 1.54) is 0 Å². The molecule has 0 heterocycles. The van der Waals surface area contributed by atoms with Gasteiger partial charge in [0.1, 0.15) is 5.75 Å². The summed E-state index contributed by atoms with van der Waals surface area (Å²) < 4.78 is 39.8. The number of halogens is 3. The molecule has 0 fully saturated rings. The number of hydrogen-bond donors (Lipinski definition) is 2. The number of phenols is 1. The minimum Gasteiger partial charge on any atom is -0.508 e. The van der Waals surface area contributed by atoms with Crippen molar-refractivity contribution >= 4 is 0 Å². The maximum Gasteiger partial charge on any atom is 0.194 e. The lowest BCUT2D eigenvalue weighted by molar-refractivity contribution is 0.439. The molecule has 2 aromatic rings. The highest BCUT2D eigenvalue weighted by Crippen LogP contribution is 2.24. The summed E-state index contributed by atoms with van der Waals surface area (Å²) in [5.74, 6) is -3.75. The van der Waals surface area contributed by atoms with Crippen LogP contribution >= 0.6 is 0 Å². The Hall–Kier alpha value is -2.01. The summed E-state index contributed by atoms with van der Waals surface area (Å²) in [6.07, 6.45) is 0.423. The van der Waals surface area contributed by atoms with Gasteiger partial charge in [-0.25, -0.2) is 13.2 Å². The fourth-order valence-electron chi connectivity index (χ4n) is 2.25. The molecule has 0 bridgehead atoms. The van der Waals surface area contributed by atoms with E-state index in [9.17, 15) is 18.3 Å². The molecule has 2 N–H and O–H groups in total. The Morgan fingerprint density at radius 2 is 1.76 bits per heavy atom. The molecule has 1 unspecified atom stereocenters. The van der Waals surface area contributed by atoms with Crippen LogP contribution in [-0.2, 0) is 6.42 Å². The summed E-state index contributed by atoms with van der Waals surface area (Å²) in [7, 11) is 0. The molecule has 0 radical (unpaired) electrons. The second kappa shape index (κ2) is 6.63. The van der Waals surface area contributed by atoms with E-state index in [2.05, 4.69) is 5.32 Å². The number of likely N-dealkylation sites (N-methyl/N-ethyl adjacent to an activating group) is 1. The van der Waals surface area contributed by atoms with Gasteiger partial charge in [-0.3, -0.25) is 0 Å². The van der Waals surface area contributed by atoms with Gasteiger partial charge in [0.25, 0.3) is 0 Å². The third-order valence-corrected chi connectivity index (χ3v) is 3.21. The van der Waals surface area contributed by atoms with Gasteiger partial charge in [-0.1, -0.05) is 19.1 Å². The van der Waals surface area contributed by atoms with Crippen molar-refractivity contribution in [1.82, 2.24) is 5.32 Å². The number of rotatable bonds is 5. The highest BCUT2D eigenvalue weighted by atomic mass is 19.2. The summed E-state index contributed by atoms with van der Waals surface area (Å²) in [5, 5.41) is 12.6. The molecule has 0 aliphatic carbocycles. The third kappa shape index (κ3) is 3.76. The molecule has 0 saturated carbocycles. The van der Waals surface area contributed by atoms with Crippen LogP contribution in [0.25, 0.3) is 0 Å². The molecule has 0 saturated heterocycles. The monoisotopic (exact) mass is 295 g/mol. The summed E-state index contributed by atoms with van der Waals surface area (Å²) in [5.41, 5.74) is 1.14. The molecule has 0 aliphatic rings. The molecule has 0 aliphatic heterocycles. The van der Waals surface area contributed by atoms with Crippen molar-refractivity contribution in [2.75, 3.05) is 6.54 Å². The Balaban J connectivity index is 2.30. The van der Waals surface area contributed by atoms with Crippen molar-refractivity contribution < 1.29 is 18.3 Å². The van der Waals surface area contributed by atoms with Gasteiger partial charge in [0.15, 0.2) is 17.5 Å². The van der Waals surface area contributed by atoms with Gasteiger partial charge >= 0.3 is 0 Å². The van der Waals surface area contributed by atoms with Crippen LogP contribution in [0.3, 0.4) is 0 Å². The van der Waals surface area contributed by atoms with Crippen molar-refractivity contribution in [2.24, 2.45) is 0 Å². The minimum atomic E-state index is -1.47. The zero-order valence-corrected chi connectivity index (χ0v) is 11.5. The van der Waals surface area contributed by atoms with Gasteiger partial charge in [-0.15, -0.1) is 0 Å². The molecule has 112 valence electrons. The van der Waals surface area contributed by atoms with E-state index in [0.29, 0.717) is 18.5 Å². The van der Waals surface area contributed by atoms with Crippen LogP contribution in [0.1, 0.15) is 24.1 Å². The van der Waals surface area contributed by atoms with E-state index in [1.807, 2.05) is 6.92 Å². The van der Waals surface area contributed by atoms with Crippen molar-refractivity contribution in [3.05, 3.63) is 65.0 Å². The lowest BCUT2D eigenvalue weighted by Crippen LogP contribution is -2.23. The Labute approximate surface area is 121 Å². The van der Waals surface area contributed by atoms with Crippen LogP contribution in [0.2, 0.25) is 0 Å². The molecule has 5 heteroatoms. The SMILES string of the molecule is CCNC(Cc1cccc(O)c1)c1cc(F)c(F)c(F)c1. The predicted molar refractivity (Wildman–Crippen MR) is 74.5 cm³/mol. The first-order valence-corrected chi connectivity index (χ1v) is 6.67. The Kier molecular flexibility index (Phi) is 4.85. The van der Waals surface area contributed by atoms with Gasteiger partial charge in [0.2, 0.25) is 0 Å². The topological polar surface area (TPSA) is 32.3 Å². The lowest BCUT2D eigenvalue weighted by atomic mass is 9.98. The highest BCUT2D eigenvalue weighted by molar-refractivity contribution is 5.30. The highest BCUT2D eigenvalue weighted by Gasteiger charge is 2.17. The molecular formula is C16H16F3NO. The summed E-state index contributed by atoms with van der Waals surface area (Å²) in [6, 6.07) is 8.24. The Morgan fingerprint density at radius 3 is 2.33 bits per heavy atom. The smallest absolute Gasteiger partial charge is 0.194 e. The lowest BCUT2D eigenvalue weighted by Gasteiger charge is -2.19. The number of aromatic hydroxyl groups is 1. The first kappa shape index (κ1) is 15.4. The molecular weight excluding hydrogens is 279 g/mol. The summed E-state index contributed by atoms with van der Waals surface area (Å²) >= 11 is 0. The standard InChI is InChI=1S/C16H16F3NO/c1-2-20-15(7-10-4-3-5-12(21)6-10)11-8-13(17)16(19)14(18)9-11/h3-6,8-9,15,20-21H,2,7H2,1H3. The van der Waals surface area contributed by atoms with Crippen molar-refractivity contribution in [3.63, 3.8) is 0 Å². The maximum atomic E-state index is 13.4. The molecule has 2 nitrogen and oxygen atoms in total. The number of benzene rings is 2. The first-order chi connectivity index (χ1) is 10.0. The van der Waals surface area contributed by atoms with Gasteiger partial charge in [0, 0.05) is 6.04 Å². The molecule has 1 atom stereocenters. The van der Waals surface area contributed by atoms with Crippen LogP contribution in [-0.4, -0.2) is 11.7 Å². The minimum absolute atomic E-state index is 0.124. The van der Waals surface area contributed by atoms with Crippen LogP contribution < -0.4 is 5.32 Å². The van der Waals surface area contributed by atoms with Gasteiger partial charge in [0.05, 0.1) is 0 Å². The summed E-state index contributed by atoms with van der Waals surface area (Å²) in [4.78, 5) is 0. The van der Waals surface area contributed by atoms with Crippen LogP contribution in [0.5, 0.6) is 5.75 Å². The molecule has 0 aromatic heterocycles. The van der Waals surface area contributed by atoms with Crippen molar-refractivity contribution in [3.8, 4) is 5.75 Å². The zero-order chi connectivity index (χ0) is 15.4. The average molecular weight is 295 g/mol. The van der Waals surface area contributed by atoms with E-state index < -0.39 is 17.5 Å². The number of nitrogens with one attached hydrogen (secondary N) is 1. The molecule has 0 spiro atoms. The van der Waals surface area contributed by atoms with E-state index in [-0.39, 0.29) is 11.8 Å².